The molecule has 1 atom stereocenters. The molecule has 1 aromatic heterocycles. The number of nitrogens with zero attached hydrogens (tertiary/aromatic N) is 2. The highest BCUT2D eigenvalue weighted by Crippen LogP contribution is 2.27. The number of ether oxygens (including phenoxy) is 1. The zero-order chi connectivity index (χ0) is 13.0. The van der Waals surface area contributed by atoms with Crippen molar-refractivity contribution in [1.82, 2.24) is 9.78 Å². The second-order valence-electron chi connectivity index (χ2n) is 4.24. The fourth-order valence-corrected chi connectivity index (χ4v) is 1.93. The Hall–Kier alpha value is -1.81. The van der Waals surface area contributed by atoms with Crippen molar-refractivity contribution in [3.05, 3.63) is 47.8 Å². The van der Waals surface area contributed by atoms with E-state index in [0.29, 0.717) is 6.61 Å². The quantitative estimate of drug-likeness (QED) is 0.879. The average Bonchev–Trinajstić information content (AvgIpc) is 2.82. The zero-order valence-corrected chi connectivity index (χ0v) is 10.8. The van der Waals surface area contributed by atoms with Crippen molar-refractivity contribution >= 4 is 0 Å². The molecule has 4 nitrogen and oxygen atoms in total. The summed E-state index contributed by atoms with van der Waals surface area (Å²) in [7, 11) is 1.89. The molecule has 0 radical (unpaired) electrons. The van der Waals surface area contributed by atoms with Crippen LogP contribution < -0.4 is 10.5 Å². The molecule has 18 heavy (non-hydrogen) atoms. The third-order valence-corrected chi connectivity index (χ3v) is 2.89. The lowest BCUT2D eigenvalue weighted by Gasteiger charge is -2.17. The molecule has 1 heterocycles. The molecule has 0 aliphatic carbocycles. The summed E-state index contributed by atoms with van der Waals surface area (Å²) in [5, 5.41) is 4.15. The van der Waals surface area contributed by atoms with Crippen LogP contribution in [-0.2, 0) is 7.05 Å². The van der Waals surface area contributed by atoms with Crippen LogP contribution in [-0.4, -0.2) is 16.4 Å². The topological polar surface area (TPSA) is 53.1 Å². The van der Waals surface area contributed by atoms with Crippen LogP contribution in [0.5, 0.6) is 5.75 Å². The molecule has 96 valence electrons. The molecule has 0 saturated heterocycles. The molecule has 0 saturated carbocycles. The lowest BCUT2D eigenvalue weighted by molar-refractivity contribution is 0.313. The van der Waals surface area contributed by atoms with Gasteiger partial charge in [0.25, 0.3) is 0 Å². The first-order valence-corrected chi connectivity index (χ1v) is 6.19. The van der Waals surface area contributed by atoms with Gasteiger partial charge in [-0.05, 0) is 18.6 Å². The molecular formula is C14H19N3O. The van der Waals surface area contributed by atoms with Crippen molar-refractivity contribution in [1.29, 1.82) is 0 Å². The lowest BCUT2D eigenvalue weighted by Crippen LogP contribution is -2.17. The summed E-state index contributed by atoms with van der Waals surface area (Å²) in [6.45, 7) is 2.79. The summed E-state index contributed by atoms with van der Waals surface area (Å²) in [6, 6.07) is 9.62. The fourth-order valence-electron chi connectivity index (χ4n) is 1.93. The van der Waals surface area contributed by atoms with Crippen LogP contribution in [0.3, 0.4) is 0 Å². The molecule has 4 heteroatoms. The first-order chi connectivity index (χ1) is 8.74. The van der Waals surface area contributed by atoms with Crippen molar-refractivity contribution < 1.29 is 4.74 Å². The summed E-state index contributed by atoms with van der Waals surface area (Å²) < 4.78 is 7.53. The van der Waals surface area contributed by atoms with Crippen LogP contribution in [0.25, 0.3) is 0 Å². The molecule has 0 aliphatic rings. The van der Waals surface area contributed by atoms with Crippen molar-refractivity contribution in [2.45, 2.75) is 19.4 Å². The zero-order valence-electron chi connectivity index (χ0n) is 10.8. The van der Waals surface area contributed by atoms with Gasteiger partial charge in [0, 0.05) is 18.8 Å². The normalized spacial score (nSPS) is 12.4. The van der Waals surface area contributed by atoms with Gasteiger partial charge in [-0.1, -0.05) is 25.1 Å². The molecule has 2 aromatic rings. The fraction of sp³-hybridized carbons (Fsp3) is 0.357. The molecule has 2 rings (SSSR count). The minimum Gasteiger partial charge on any atom is -0.493 e. The number of aromatic nitrogens is 2. The summed E-state index contributed by atoms with van der Waals surface area (Å²) in [4.78, 5) is 0. The van der Waals surface area contributed by atoms with E-state index in [-0.39, 0.29) is 6.04 Å². The lowest BCUT2D eigenvalue weighted by atomic mass is 10.0. The minimum absolute atomic E-state index is 0.217. The Bertz CT molecular complexity index is 507. The van der Waals surface area contributed by atoms with Crippen molar-refractivity contribution in [3.8, 4) is 5.75 Å². The Morgan fingerprint density at radius 2 is 2.11 bits per heavy atom. The highest BCUT2D eigenvalue weighted by atomic mass is 16.5. The van der Waals surface area contributed by atoms with Gasteiger partial charge in [-0.3, -0.25) is 4.68 Å². The van der Waals surface area contributed by atoms with Gasteiger partial charge in [-0.15, -0.1) is 0 Å². The van der Waals surface area contributed by atoms with Crippen LogP contribution in [0.2, 0.25) is 0 Å². The molecule has 0 fully saturated rings. The molecular weight excluding hydrogens is 226 g/mol. The Labute approximate surface area is 107 Å². The Morgan fingerprint density at radius 3 is 2.78 bits per heavy atom. The standard InChI is InChI=1S/C14H19N3O/c1-3-10-18-13-7-5-4-6-11(13)14(15)12-8-9-16-17(12)2/h4-9,14H,3,10,15H2,1-2H3. The van der Waals surface area contributed by atoms with Crippen molar-refractivity contribution in [2.24, 2.45) is 12.8 Å². The van der Waals surface area contributed by atoms with E-state index in [9.17, 15) is 0 Å². The van der Waals surface area contributed by atoms with E-state index < -0.39 is 0 Å². The van der Waals surface area contributed by atoms with Crippen LogP contribution in [0, 0.1) is 0 Å². The van der Waals surface area contributed by atoms with E-state index in [1.807, 2.05) is 37.4 Å². The minimum atomic E-state index is -0.217. The van der Waals surface area contributed by atoms with E-state index in [2.05, 4.69) is 12.0 Å². The molecule has 1 unspecified atom stereocenters. The summed E-state index contributed by atoms with van der Waals surface area (Å²) in [6.07, 6.45) is 2.74. The van der Waals surface area contributed by atoms with Gasteiger partial charge in [0.15, 0.2) is 0 Å². The van der Waals surface area contributed by atoms with Gasteiger partial charge in [0.1, 0.15) is 5.75 Å². The number of rotatable bonds is 5. The summed E-state index contributed by atoms with van der Waals surface area (Å²) in [5.41, 5.74) is 8.26. The Balaban J connectivity index is 2.30. The Morgan fingerprint density at radius 1 is 1.33 bits per heavy atom. The second-order valence-corrected chi connectivity index (χ2v) is 4.24. The van der Waals surface area contributed by atoms with E-state index in [0.717, 1.165) is 23.4 Å². The molecule has 1 aromatic carbocycles. The number of benzene rings is 1. The molecule has 2 N–H and O–H groups in total. The van der Waals surface area contributed by atoms with E-state index in [1.54, 1.807) is 10.9 Å². The first-order valence-electron chi connectivity index (χ1n) is 6.19. The third kappa shape index (κ3) is 2.54. The van der Waals surface area contributed by atoms with Gasteiger partial charge in [-0.2, -0.15) is 5.10 Å². The molecule has 0 aliphatic heterocycles. The van der Waals surface area contributed by atoms with Crippen LogP contribution in [0.1, 0.15) is 30.6 Å². The predicted octanol–water partition coefficient (Wildman–Crippen LogP) is 2.26. The highest BCUT2D eigenvalue weighted by molar-refractivity contribution is 5.39. The maximum absolute atomic E-state index is 6.29. The number of aryl methyl sites for hydroxylation is 1. The summed E-state index contributed by atoms with van der Waals surface area (Å²) >= 11 is 0. The second kappa shape index (κ2) is 5.69. The van der Waals surface area contributed by atoms with Gasteiger partial charge in [0.05, 0.1) is 18.3 Å². The number of hydrogen-bond donors (Lipinski definition) is 1. The number of hydrogen-bond acceptors (Lipinski definition) is 3. The third-order valence-electron chi connectivity index (χ3n) is 2.89. The van der Waals surface area contributed by atoms with Crippen molar-refractivity contribution in [3.63, 3.8) is 0 Å². The summed E-state index contributed by atoms with van der Waals surface area (Å²) in [5.74, 6) is 0.855. The molecule has 0 bridgehead atoms. The smallest absolute Gasteiger partial charge is 0.124 e. The SMILES string of the molecule is CCCOc1ccccc1C(N)c1ccnn1C. The maximum atomic E-state index is 6.29. The number of nitrogens with two attached hydrogens (primary N) is 1. The van der Waals surface area contributed by atoms with Crippen molar-refractivity contribution in [2.75, 3.05) is 6.61 Å². The van der Waals surface area contributed by atoms with E-state index in [4.69, 9.17) is 10.5 Å². The largest absolute Gasteiger partial charge is 0.493 e. The van der Waals surface area contributed by atoms with Gasteiger partial charge in [-0.25, -0.2) is 0 Å². The van der Waals surface area contributed by atoms with Gasteiger partial charge < -0.3 is 10.5 Å². The maximum Gasteiger partial charge on any atom is 0.124 e. The van der Waals surface area contributed by atoms with E-state index >= 15 is 0 Å². The monoisotopic (exact) mass is 245 g/mol. The predicted molar refractivity (Wildman–Crippen MR) is 71.5 cm³/mol. The average molecular weight is 245 g/mol. The van der Waals surface area contributed by atoms with Crippen LogP contribution >= 0.6 is 0 Å². The van der Waals surface area contributed by atoms with Gasteiger partial charge in [0.2, 0.25) is 0 Å². The van der Waals surface area contributed by atoms with Gasteiger partial charge >= 0.3 is 0 Å². The Kier molecular flexibility index (Phi) is 3.99. The molecule has 0 spiro atoms. The highest BCUT2D eigenvalue weighted by Gasteiger charge is 2.16. The molecule has 0 amide bonds. The number of para-hydroxylation sites is 1. The van der Waals surface area contributed by atoms with Crippen LogP contribution in [0.4, 0.5) is 0 Å². The van der Waals surface area contributed by atoms with E-state index in [1.165, 1.54) is 0 Å². The first kappa shape index (κ1) is 12.6. The van der Waals surface area contributed by atoms with Crippen LogP contribution in [0.15, 0.2) is 36.5 Å².